The molecule has 0 saturated carbocycles. The summed E-state index contributed by atoms with van der Waals surface area (Å²) in [6, 6.07) is 4.70. The van der Waals surface area contributed by atoms with Gasteiger partial charge in [-0.05, 0) is 51.3 Å². The molecule has 0 aliphatic carbocycles. The molecule has 1 N–H and O–H groups in total. The van der Waals surface area contributed by atoms with Crippen LogP contribution in [0.25, 0.3) is 15.7 Å². The van der Waals surface area contributed by atoms with Crippen molar-refractivity contribution in [3.8, 4) is 0 Å². The number of carbonyl (C=O) groups excluding carboxylic acids is 1. The van der Waals surface area contributed by atoms with E-state index in [1.807, 2.05) is 17.4 Å². The number of aryl methyl sites for hydroxylation is 2. The summed E-state index contributed by atoms with van der Waals surface area (Å²) in [5, 5.41) is 7.49. The van der Waals surface area contributed by atoms with E-state index in [9.17, 15) is 9.59 Å². The second-order valence-electron chi connectivity index (χ2n) is 8.50. The summed E-state index contributed by atoms with van der Waals surface area (Å²) < 4.78 is 4.34. The van der Waals surface area contributed by atoms with E-state index in [4.69, 9.17) is 0 Å². The van der Waals surface area contributed by atoms with E-state index >= 15 is 0 Å². The topological polar surface area (TPSA) is 71.6 Å². The van der Waals surface area contributed by atoms with E-state index in [1.165, 1.54) is 41.8 Å². The van der Waals surface area contributed by atoms with Crippen molar-refractivity contribution in [2.45, 2.75) is 71.9 Å². The van der Waals surface area contributed by atoms with Crippen molar-refractivity contribution in [1.29, 1.82) is 0 Å². The molecule has 0 spiro atoms. The molecule has 7 nitrogen and oxygen atoms in total. The number of nitrogens with zero attached hydrogens (tertiary/aromatic N) is 4. The molecule has 168 valence electrons. The molecule has 1 atom stereocenters. The van der Waals surface area contributed by atoms with Gasteiger partial charge in [-0.2, -0.15) is 5.10 Å². The summed E-state index contributed by atoms with van der Waals surface area (Å²) in [6.07, 6.45) is 6.70. The van der Waals surface area contributed by atoms with Crippen LogP contribution in [0.3, 0.4) is 0 Å². The number of carbonyl (C=O) groups is 1. The molecular formula is C23H33N5O2S. The van der Waals surface area contributed by atoms with E-state index < -0.39 is 0 Å². The average molecular weight is 444 g/mol. The van der Waals surface area contributed by atoms with Crippen LogP contribution in [0.5, 0.6) is 0 Å². The van der Waals surface area contributed by atoms with Crippen molar-refractivity contribution < 1.29 is 4.79 Å². The Kier molecular flexibility index (Phi) is 6.77. The Morgan fingerprint density at radius 1 is 1.26 bits per heavy atom. The predicted octanol–water partition coefficient (Wildman–Crippen LogP) is 3.35. The lowest BCUT2D eigenvalue weighted by Crippen LogP contribution is -2.41. The number of aromatic nitrogens is 3. The number of amides is 1. The monoisotopic (exact) mass is 443 g/mol. The molecule has 0 radical (unpaired) electrons. The van der Waals surface area contributed by atoms with Gasteiger partial charge in [0.15, 0.2) is 0 Å². The Hall–Kier alpha value is -2.19. The van der Waals surface area contributed by atoms with Crippen LogP contribution < -0.4 is 10.9 Å². The number of hydrogen-bond acceptors (Lipinski definition) is 5. The molecule has 1 aliphatic rings. The maximum atomic E-state index is 13.0. The Balaban J connectivity index is 1.40. The zero-order chi connectivity index (χ0) is 22.0. The lowest BCUT2D eigenvalue weighted by molar-refractivity contribution is -0.121. The number of thiophene rings is 1. The molecule has 3 aromatic heterocycles. The number of likely N-dealkylation sites (tertiary alicyclic amines) is 1. The molecule has 1 unspecified atom stereocenters. The second kappa shape index (κ2) is 9.53. The minimum Gasteiger partial charge on any atom is -0.354 e. The molecule has 1 saturated heterocycles. The molecule has 1 amide bonds. The van der Waals surface area contributed by atoms with E-state index in [1.54, 1.807) is 11.3 Å². The van der Waals surface area contributed by atoms with E-state index in [0.717, 1.165) is 29.0 Å². The normalized spacial score (nSPS) is 17.6. The van der Waals surface area contributed by atoms with Gasteiger partial charge in [0.05, 0.1) is 10.2 Å². The van der Waals surface area contributed by atoms with Crippen molar-refractivity contribution in [2.24, 2.45) is 0 Å². The van der Waals surface area contributed by atoms with Crippen molar-refractivity contribution >= 4 is 33.0 Å². The fourth-order valence-electron chi connectivity index (χ4n) is 4.77. The zero-order valence-electron chi connectivity index (χ0n) is 18.8. The predicted molar refractivity (Wildman–Crippen MR) is 126 cm³/mol. The summed E-state index contributed by atoms with van der Waals surface area (Å²) in [6.45, 7) is 9.11. The molecule has 4 heterocycles. The Morgan fingerprint density at radius 2 is 2.10 bits per heavy atom. The summed E-state index contributed by atoms with van der Waals surface area (Å²) in [5.74, 6) is 0.641. The van der Waals surface area contributed by atoms with Gasteiger partial charge >= 0.3 is 0 Å². The first-order valence-electron chi connectivity index (χ1n) is 11.5. The first-order valence-corrected chi connectivity index (χ1v) is 12.4. The highest BCUT2D eigenvalue weighted by Crippen LogP contribution is 2.28. The first-order chi connectivity index (χ1) is 15.0. The average Bonchev–Trinajstić information content (AvgIpc) is 3.30. The van der Waals surface area contributed by atoms with Crippen LogP contribution in [0.2, 0.25) is 0 Å². The van der Waals surface area contributed by atoms with Gasteiger partial charge in [-0.25, -0.2) is 4.68 Å². The van der Waals surface area contributed by atoms with Crippen molar-refractivity contribution in [3.63, 3.8) is 0 Å². The van der Waals surface area contributed by atoms with Gasteiger partial charge < -0.3 is 10.2 Å². The van der Waals surface area contributed by atoms with Gasteiger partial charge in [0, 0.05) is 30.4 Å². The lowest BCUT2D eigenvalue weighted by atomic mass is 10.00. The highest BCUT2D eigenvalue weighted by molar-refractivity contribution is 7.19. The van der Waals surface area contributed by atoms with Gasteiger partial charge in [0.25, 0.3) is 5.56 Å². The van der Waals surface area contributed by atoms with Gasteiger partial charge in [-0.15, -0.1) is 11.3 Å². The number of nitrogens with one attached hydrogen (secondary N) is 1. The maximum absolute atomic E-state index is 13.0. The maximum Gasteiger partial charge on any atom is 0.291 e. The Labute approximate surface area is 187 Å². The smallest absolute Gasteiger partial charge is 0.291 e. The molecule has 0 bridgehead atoms. The largest absolute Gasteiger partial charge is 0.354 e. The van der Waals surface area contributed by atoms with E-state index in [2.05, 4.69) is 35.2 Å². The highest BCUT2D eigenvalue weighted by Gasteiger charge is 2.20. The van der Waals surface area contributed by atoms with Gasteiger partial charge in [-0.1, -0.05) is 20.3 Å². The third kappa shape index (κ3) is 4.55. The van der Waals surface area contributed by atoms with E-state index in [0.29, 0.717) is 24.5 Å². The quantitative estimate of drug-likeness (QED) is 0.542. The number of rotatable bonds is 8. The van der Waals surface area contributed by atoms with Crippen LogP contribution in [0.15, 0.2) is 16.9 Å². The van der Waals surface area contributed by atoms with E-state index in [-0.39, 0.29) is 18.0 Å². The SMILES string of the molecule is CCc1nn(CC(=O)NCCCN2CCCCC2CC)c(=O)c2cc3sc(C)cc3n12. The van der Waals surface area contributed by atoms with Crippen molar-refractivity contribution in [1.82, 2.24) is 24.4 Å². The molecule has 8 heteroatoms. The van der Waals surface area contributed by atoms with Gasteiger partial charge in [0.1, 0.15) is 17.9 Å². The standard InChI is InChI=1S/C23H33N5O2S/c1-4-17-9-6-7-11-26(17)12-8-10-24-22(29)15-27-23(30)19-14-20-18(13-16(3)31-20)28(19)21(5-2)25-27/h13-14,17H,4-12,15H2,1-3H3,(H,24,29). The molecule has 3 aromatic rings. The number of fused-ring (bicyclic) bond motifs is 3. The number of hydrogen-bond donors (Lipinski definition) is 1. The van der Waals surface area contributed by atoms with Crippen LogP contribution >= 0.6 is 11.3 Å². The third-order valence-electron chi connectivity index (χ3n) is 6.34. The highest BCUT2D eigenvalue weighted by atomic mass is 32.1. The van der Waals surface area contributed by atoms with Crippen LogP contribution in [0.4, 0.5) is 0 Å². The van der Waals surface area contributed by atoms with Crippen LogP contribution in [0, 0.1) is 6.92 Å². The molecule has 4 rings (SSSR count). The summed E-state index contributed by atoms with van der Waals surface area (Å²) >= 11 is 1.67. The Morgan fingerprint density at radius 3 is 2.87 bits per heavy atom. The van der Waals surface area contributed by atoms with Crippen LogP contribution in [-0.2, 0) is 17.8 Å². The minimum atomic E-state index is -0.215. The first kappa shape index (κ1) is 22.0. The van der Waals surface area contributed by atoms with Gasteiger partial charge in [0.2, 0.25) is 5.91 Å². The summed E-state index contributed by atoms with van der Waals surface area (Å²) in [4.78, 5) is 29.3. The molecule has 1 fully saturated rings. The summed E-state index contributed by atoms with van der Waals surface area (Å²) in [5.41, 5.74) is 1.41. The molecule has 0 aromatic carbocycles. The van der Waals surface area contributed by atoms with Crippen molar-refractivity contribution in [3.05, 3.63) is 33.2 Å². The van der Waals surface area contributed by atoms with Crippen LogP contribution in [0.1, 0.15) is 56.7 Å². The zero-order valence-corrected chi connectivity index (χ0v) is 19.6. The number of piperidine rings is 1. The fourth-order valence-corrected chi connectivity index (χ4v) is 5.71. The van der Waals surface area contributed by atoms with Crippen LogP contribution in [-0.4, -0.2) is 50.7 Å². The Bertz CT molecular complexity index is 1130. The van der Waals surface area contributed by atoms with Gasteiger partial charge in [-0.3, -0.25) is 14.0 Å². The third-order valence-corrected chi connectivity index (χ3v) is 7.32. The molecule has 1 aliphatic heterocycles. The van der Waals surface area contributed by atoms with Crippen molar-refractivity contribution in [2.75, 3.05) is 19.6 Å². The fraction of sp³-hybridized carbons (Fsp3) is 0.609. The molecule has 31 heavy (non-hydrogen) atoms. The molecular weight excluding hydrogens is 410 g/mol. The lowest BCUT2D eigenvalue weighted by Gasteiger charge is -2.35. The summed E-state index contributed by atoms with van der Waals surface area (Å²) in [7, 11) is 0. The second-order valence-corrected chi connectivity index (χ2v) is 9.79. The minimum absolute atomic E-state index is 0.0402.